The standard InChI is InChI=1S/C17H23N5/c1-13-11-19-17(20-12-13)22-9-6-15(21(2)3)16(22)10-14-4-7-18-8-5-14/h4-5,7-8,11-12,15-16H,6,9-10H2,1-3H3/t15-,16+/m1/s1. The first-order valence-electron chi connectivity index (χ1n) is 7.76. The highest BCUT2D eigenvalue weighted by atomic mass is 15.3. The third kappa shape index (κ3) is 3.09. The van der Waals surface area contributed by atoms with Gasteiger partial charge in [0.15, 0.2) is 0 Å². The van der Waals surface area contributed by atoms with E-state index in [1.165, 1.54) is 5.56 Å². The van der Waals surface area contributed by atoms with E-state index in [2.05, 4.69) is 51.0 Å². The average Bonchev–Trinajstić information content (AvgIpc) is 2.93. The quantitative estimate of drug-likeness (QED) is 0.863. The minimum Gasteiger partial charge on any atom is -0.336 e. The molecule has 116 valence electrons. The Morgan fingerprint density at radius 3 is 2.50 bits per heavy atom. The Morgan fingerprint density at radius 1 is 1.18 bits per heavy atom. The molecule has 2 aromatic heterocycles. The van der Waals surface area contributed by atoms with Crippen LogP contribution >= 0.6 is 0 Å². The summed E-state index contributed by atoms with van der Waals surface area (Å²) in [5.74, 6) is 0.842. The maximum atomic E-state index is 4.53. The molecule has 22 heavy (non-hydrogen) atoms. The topological polar surface area (TPSA) is 45.2 Å². The Morgan fingerprint density at radius 2 is 1.86 bits per heavy atom. The first-order chi connectivity index (χ1) is 10.6. The highest BCUT2D eigenvalue weighted by Gasteiger charge is 2.36. The number of anilines is 1. The van der Waals surface area contributed by atoms with E-state index in [-0.39, 0.29) is 0 Å². The first-order valence-corrected chi connectivity index (χ1v) is 7.76. The molecule has 2 atom stereocenters. The Bertz CT molecular complexity index is 596. The third-order valence-corrected chi connectivity index (χ3v) is 4.39. The zero-order chi connectivity index (χ0) is 15.5. The van der Waals surface area contributed by atoms with Crippen molar-refractivity contribution < 1.29 is 0 Å². The number of aromatic nitrogens is 3. The van der Waals surface area contributed by atoms with Crippen molar-refractivity contribution in [1.29, 1.82) is 0 Å². The van der Waals surface area contributed by atoms with E-state index in [1.807, 2.05) is 31.7 Å². The summed E-state index contributed by atoms with van der Waals surface area (Å²) in [6, 6.07) is 5.09. The molecule has 1 aliphatic heterocycles. The molecule has 3 heterocycles. The summed E-state index contributed by atoms with van der Waals surface area (Å²) in [4.78, 5) is 17.8. The second-order valence-corrected chi connectivity index (χ2v) is 6.20. The van der Waals surface area contributed by atoms with Crippen LogP contribution in [-0.2, 0) is 6.42 Å². The van der Waals surface area contributed by atoms with Crippen LogP contribution in [0.4, 0.5) is 5.95 Å². The van der Waals surface area contributed by atoms with Crippen molar-refractivity contribution in [3.8, 4) is 0 Å². The second kappa shape index (κ2) is 6.40. The van der Waals surface area contributed by atoms with Crippen LogP contribution in [0.15, 0.2) is 36.9 Å². The predicted molar refractivity (Wildman–Crippen MR) is 87.9 cm³/mol. The molecule has 1 aliphatic rings. The fourth-order valence-corrected chi connectivity index (χ4v) is 3.23. The van der Waals surface area contributed by atoms with Gasteiger partial charge in [-0.1, -0.05) is 0 Å². The molecule has 0 saturated carbocycles. The highest BCUT2D eigenvalue weighted by molar-refractivity contribution is 5.36. The van der Waals surface area contributed by atoms with Gasteiger partial charge in [0.05, 0.1) is 6.04 Å². The molecule has 1 saturated heterocycles. The molecule has 0 N–H and O–H groups in total. The van der Waals surface area contributed by atoms with Gasteiger partial charge in [-0.2, -0.15) is 0 Å². The van der Waals surface area contributed by atoms with Gasteiger partial charge in [0.1, 0.15) is 0 Å². The van der Waals surface area contributed by atoms with Crippen molar-refractivity contribution in [3.05, 3.63) is 48.0 Å². The molecule has 5 nitrogen and oxygen atoms in total. The molecule has 0 amide bonds. The van der Waals surface area contributed by atoms with Crippen LogP contribution in [0.5, 0.6) is 0 Å². The molecule has 0 radical (unpaired) electrons. The van der Waals surface area contributed by atoms with Gasteiger partial charge in [-0.25, -0.2) is 9.97 Å². The van der Waals surface area contributed by atoms with E-state index in [0.29, 0.717) is 12.1 Å². The Hall–Kier alpha value is -2.01. The monoisotopic (exact) mass is 297 g/mol. The number of hydrogen-bond acceptors (Lipinski definition) is 5. The van der Waals surface area contributed by atoms with Crippen LogP contribution in [0.1, 0.15) is 17.5 Å². The Kier molecular flexibility index (Phi) is 4.34. The van der Waals surface area contributed by atoms with Crippen LogP contribution in [0.3, 0.4) is 0 Å². The van der Waals surface area contributed by atoms with Crippen LogP contribution in [-0.4, -0.2) is 52.6 Å². The fraction of sp³-hybridized carbons (Fsp3) is 0.471. The summed E-state index contributed by atoms with van der Waals surface area (Å²) in [5.41, 5.74) is 2.41. The third-order valence-electron chi connectivity index (χ3n) is 4.39. The summed E-state index contributed by atoms with van der Waals surface area (Å²) < 4.78 is 0. The lowest BCUT2D eigenvalue weighted by molar-refractivity contribution is 0.273. The Labute approximate surface area is 132 Å². The maximum Gasteiger partial charge on any atom is 0.225 e. The van der Waals surface area contributed by atoms with Crippen molar-refractivity contribution in [1.82, 2.24) is 19.9 Å². The second-order valence-electron chi connectivity index (χ2n) is 6.20. The number of hydrogen-bond donors (Lipinski definition) is 0. The molecule has 0 bridgehead atoms. The molecule has 0 spiro atoms. The molecule has 0 aromatic carbocycles. The van der Waals surface area contributed by atoms with E-state index in [4.69, 9.17) is 0 Å². The van der Waals surface area contributed by atoms with Crippen LogP contribution in [0.25, 0.3) is 0 Å². The number of likely N-dealkylation sites (N-methyl/N-ethyl adjacent to an activating group) is 1. The van der Waals surface area contributed by atoms with E-state index < -0.39 is 0 Å². The number of nitrogens with zero attached hydrogens (tertiary/aromatic N) is 5. The molecule has 1 fully saturated rings. The molecule has 3 rings (SSSR count). The molecule has 0 unspecified atom stereocenters. The number of pyridine rings is 1. The number of aryl methyl sites for hydroxylation is 1. The van der Waals surface area contributed by atoms with Gasteiger partial charge in [0.2, 0.25) is 5.95 Å². The van der Waals surface area contributed by atoms with Gasteiger partial charge in [-0.05, 0) is 57.1 Å². The molecule has 2 aromatic rings. The summed E-state index contributed by atoms with van der Waals surface area (Å²) in [7, 11) is 4.31. The van der Waals surface area contributed by atoms with Crippen LogP contribution < -0.4 is 4.90 Å². The fourth-order valence-electron chi connectivity index (χ4n) is 3.23. The van der Waals surface area contributed by atoms with Crippen molar-refractivity contribution >= 4 is 5.95 Å². The van der Waals surface area contributed by atoms with Crippen LogP contribution in [0, 0.1) is 6.92 Å². The summed E-state index contributed by atoms with van der Waals surface area (Å²) >= 11 is 0. The average molecular weight is 297 g/mol. The minimum atomic E-state index is 0.389. The molecular formula is C17H23N5. The van der Waals surface area contributed by atoms with Gasteiger partial charge in [-0.3, -0.25) is 4.98 Å². The van der Waals surface area contributed by atoms with Crippen molar-refractivity contribution in [2.45, 2.75) is 31.8 Å². The zero-order valence-electron chi connectivity index (χ0n) is 13.5. The lowest BCUT2D eigenvalue weighted by atomic mass is 10.0. The molecular weight excluding hydrogens is 274 g/mol. The number of rotatable bonds is 4. The SMILES string of the molecule is Cc1cnc(N2CC[C@@H](N(C)C)[C@@H]2Cc2ccncc2)nc1. The maximum absolute atomic E-state index is 4.53. The van der Waals surface area contributed by atoms with Gasteiger partial charge >= 0.3 is 0 Å². The lowest BCUT2D eigenvalue weighted by Gasteiger charge is -2.31. The highest BCUT2D eigenvalue weighted by Crippen LogP contribution is 2.27. The zero-order valence-corrected chi connectivity index (χ0v) is 13.5. The van der Waals surface area contributed by atoms with Crippen molar-refractivity contribution in [2.24, 2.45) is 0 Å². The van der Waals surface area contributed by atoms with E-state index in [9.17, 15) is 0 Å². The van der Waals surface area contributed by atoms with E-state index in [1.54, 1.807) is 0 Å². The summed E-state index contributed by atoms with van der Waals surface area (Å²) in [5, 5.41) is 0. The van der Waals surface area contributed by atoms with E-state index >= 15 is 0 Å². The largest absolute Gasteiger partial charge is 0.336 e. The summed E-state index contributed by atoms with van der Waals surface area (Å²) in [6.45, 7) is 3.02. The van der Waals surface area contributed by atoms with E-state index in [0.717, 1.165) is 30.9 Å². The minimum absolute atomic E-state index is 0.389. The van der Waals surface area contributed by atoms with Gasteiger partial charge < -0.3 is 9.80 Å². The Balaban J connectivity index is 1.86. The first kappa shape index (κ1) is 14.9. The van der Waals surface area contributed by atoms with Gasteiger partial charge in [-0.15, -0.1) is 0 Å². The molecule has 0 aliphatic carbocycles. The van der Waals surface area contributed by atoms with Gasteiger partial charge in [0.25, 0.3) is 0 Å². The van der Waals surface area contributed by atoms with Crippen LogP contribution in [0.2, 0.25) is 0 Å². The summed E-state index contributed by atoms with van der Waals surface area (Å²) in [6.07, 6.45) is 9.65. The van der Waals surface area contributed by atoms with Gasteiger partial charge in [0, 0.05) is 37.4 Å². The van der Waals surface area contributed by atoms with Crippen molar-refractivity contribution in [3.63, 3.8) is 0 Å². The normalized spacial score (nSPS) is 21.5. The molecule has 5 heteroatoms. The lowest BCUT2D eigenvalue weighted by Crippen LogP contribution is -2.44. The smallest absolute Gasteiger partial charge is 0.225 e. The predicted octanol–water partition coefficient (Wildman–Crippen LogP) is 1.93. The van der Waals surface area contributed by atoms with Crippen molar-refractivity contribution in [2.75, 3.05) is 25.5 Å².